The van der Waals surface area contributed by atoms with E-state index in [9.17, 15) is 9.59 Å². The maximum atomic E-state index is 11.4. The van der Waals surface area contributed by atoms with Crippen LogP contribution in [0.5, 0.6) is 5.75 Å². The number of esters is 1. The van der Waals surface area contributed by atoms with Crippen LogP contribution in [0, 0.1) is 6.92 Å². The fourth-order valence-electron chi connectivity index (χ4n) is 1.64. The minimum atomic E-state index is -0.363. The molecule has 1 aromatic carbocycles. The molecule has 0 atom stereocenters. The summed E-state index contributed by atoms with van der Waals surface area (Å²) in [7, 11) is 1.51. The molecule has 0 bridgehead atoms. The summed E-state index contributed by atoms with van der Waals surface area (Å²) in [6.45, 7) is 3.93. The Bertz CT molecular complexity index is 424. The van der Waals surface area contributed by atoms with E-state index < -0.39 is 0 Å². The van der Waals surface area contributed by atoms with Crippen LogP contribution in [0.25, 0.3) is 0 Å². The van der Waals surface area contributed by atoms with Crippen molar-refractivity contribution in [2.24, 2.45) is 0 Å². The van der Waals surface area contributed by atoms with Gasteiger partial charge in [0.2, 0.25) is 0 Å². The highest BCUT2D eigenvalue weighted by Gasteiger charge is 2.14. The molecule has 0 amide bonds. The van der Waals surface area contributed by atoms with Gasteiger partial charge >= 0.3 is 5.97 Å². The summed E-state index contributed by atoms with van der Waals surface area (Å²) >= 11 is 0. The number of methoxy groups -OCH3 is 1. The first-order valence-electron chi connectivity index (χ1n) is 5.40. The molecule has 0 aliphatic heterocycles. The lowest BCUT2D eigenvalue weighted by atomic mass is 10.0. The van der Waals surface area contributed by atoms with Gasteiger partial charge in [-0.3, -0.25) is 9.59 Å². The van der Waals surface area contributed by atoms with Gasteiger partial charge in [-0.1, -0.05) is 0 Å². The molecule has 0 N–H and O–H groups in total. The molecule has 92 valence electrons. The Balaban J connectivity index is 3.10. The number of rotatable bonds is 5. The molecule has 0 radical (unpaired) electrons. The van der Waals surface area contributed by atoms with E-state index in [4.69, 9.17) is 9.47 Å². The zero-order valence-electron chi connectivity index (χ0n) is 10.3. The van der Waals surface area contributed by atoms with Crippen LogP contribution in [0.15, 0.2) is 12.1 Å². The van der Waals surface area contributed by atoms with Crippen molar-refractivity contribution in [3.8, 4) is 5.75 Å². The molecular weight excluding hydrogens is 220 g/mol. The second-order valence-corrected chi connectivity index (χ2v) is 3.63. The standard InChI is InChI=1S/C13H16O4/c1-4-17-13(15)7-11-10(8-14)5-9(2)6-12(11)16-3/h5-6,8H,4,7H2,1-3H3. The lowest BCUT2D eigenvalue weighted by Crippen LogP contribution is -2.10. The van der Waals surface area contributed by atoms with Crippen molar-refractivity contribution in [3.05, 3.63) is 28.8 Å². The van der Waals surface area contributed by atoms with Crippen molar-refractivity contribution in [1.82, 2.24) is 0 Å². The van der Waals surface area contributed by atoms with Gasteiger partial charge in [0.1, 0.15) is 12.0 Å². The van der Waals surface area contributed by atoms with Crippen LogP contribution in [0.1, 0.15) is 28.4 Å². The Morgan fingerprint density at radius 2 is 2.12 bits per heavy atom. The number of benzene rings is 1. The minimum absolute atomic E-state index is 0.0470. The summed E-state index contributed by atoms with van der Waals surface area (Å²) in [6.07, 6.45) is 0.773. The van der Waals surface area contributed by atoms with Gasteiger partial charge in [0, 0.05) is 11.1 Å². The second-order valence-electron chi connectivity index (χ2n) is 3.63. The maximum absolute atomic E-state index is 11.4. The molecule has 1 aromatic rings. The number of ether oxygens (including phenoxy) is 2. The average Bonchev–Trinajstić information content (AvgIpc) is 2.31. The van der Waals surface area contributed by atoms with E-state index in [-0.39, 0.29) is 12.4 Å². The third-order valence-corrected chi connectivity index (χ3v) is 2.36. The first kappa shape index (κ1) is 13.2. The predicted molar refractivity (Wildman–Crippen MR) is 63.5 cm³/mol. The van der Waals surface area contributed by atoms with Crippen molar-refractivity contribution >= 4 is 12.3 Å². The zero-order chi connectivity index (χ0) is 12.8. The second kappa shape index (κ2) is 6.03. The summed E-state index contributed by atoms with van der Waals surface area (Å²) < 4.78 is 10.0. The van der Waals surface area contributed by atoms with E-state index in [2.05, 4.69) is 0 Å². The summed E-state index contributed by atoms with van der Waals surface area (Å²) in [5.74, 6) is 0.179. The van der Waals surface area contributed by atoms with E-state index in [0.29, 0.717) is 23.5 Å². The molecule has 0 heterocycles. The van der Waals surface area contributed by atoms with Crippen LogP contribution in [-0.4, -0.2) is 26.0 Å². The summed E-state index contributed by atoms with van der Waals surface area (Å²) in [6, 6.07) is 3.52. The summed E-state index contributed by atoms with van der Waals surface area (Å²) in [4.78, 5) is 22.4. The smallest absolute Gasteiger partial charge is 0.310 e. The largest absolute Gasteiger partial charge is 0.496 e. The van der Waals surface area contributed by atoms with Crippen molar-refractivity contribution in [2.45, 2.75) is 20.3 Å². The number of carbonyl (C=O) groups is 2. The molecule has 0 aromatic heterocycles. The summed E-state index contributed by atoms with van der Waals surface area (Å²) in [5, 5.41) is 0. The molecule has 4 heteroatoms. The normalized spacial score (nSPS) is 9.82. The molecule has 0 saturated carbocycles. The molecule has 0 aliphatic carbocycles. The molecule has 4 nitrogen and oxygen atoms in total. The monoisotopic (exact) mass is 236 g/mol. The van der Waals surface area contributed by atoms with E-state index in [0.717, 1.165) is 11.8 Å². The lowest BCUT2D eigenvalue weighted by Gasteiger charge is -2.11. The Morgan fingerprint density at radius 3 is 2.65 bits per heavy atom. The van der Waals surface area contributed by atoms with Crippen molar-refractivity contribution in [3.63, 3.8) is 0 Å². The predicted octanol–water partition coefficient (Wildman–Crippen LogP) is 1.92. The van der Waals surface area contributed by atoms with E-state index in [1.54, 1.807) is 19.1 Å². The highest BCUT2D eigenvalue weighted by Crippen LogP contribution is 2.24. The molecule has 0 aliphatic rings. The Labute approximate surface area is 101 Å². The van der Waals surface area contributed by atoms with Gasteiger partial charge in [0.15, 0.2) is 0 Å². The van der Waals surface area contributed by atoms with Gasteiger partial charge in [0.25, 0.3) is 0 Å². The van der Waals surface area contributed by atoms with Crippen molar-refractivity contribution in [2.75, 3.05) is 13.7 Å². The molecular formula is C13H16O4. The topological polar surface area (TPSA) is 52.6 Å². The third-order valence-electron chi connectivity index (χ3n) is 2.36. The van der Waals surface area contributed by atoms with Crippen LogP contribution in [0.3, 0.4) is 0 Å². The van der Waals surface area contributed by atoms with Crippen LogP contribution in [0.2, 0.25) is 0 Å². The molecule has 0 spiro atoms. The lowest BCUT2D eigenvalue weighted by molar-refractivity contribution is -0.142. The Morgan fingerprint density at radius 1 is 1.41 bits per heavy atom. The molecule has 0 unspecified atom stereocenters. The molecule has 17 heavy (non-hydrogen) atoms. The van der Waals surface area contributed by atoms with E-state index in [1.165, 1.54) is 7.11 Å². The SMILES string of the molecule is CCOC(=O)Cc1c(C=O)cc(C)cc1OC. The van der Waals surface area contributed by atoms with Crippen molar-refractivity contribution < 1.29 is 19.1 Å². The van der Waals surface area contributed by atoms with Crippen molar-refractivity contribution in [1.29, 1.82) is 0 Å². The maximum Gasteiger partial charge on any atom is 0.310 e. The van der Waals surface area contributed by atoms with Gasteiger partial charge in [0.05, 0.1) is 20.1 Å². The zero-order valence-corrected chi connectivity index (χ0v) is 10.3. The number of aryl methyl sites for hydroxylation is 1. The number of hydrogen-bond acceptors (Lipinski definition) is 4. The Kier molecular flexibility index (Phi) is 4.69. The van der Waals surface area contributed by atoms with Crippen LogP contribution < -0.4 is 4.74 Å². The number of aldehydes is 1. The van der Waals surface area contributed by atoms with Crippen LogP contribution in [0.4, 0.5) is 0 Å². The molecule has 1 rings (SSSR count). The third kappa shape index (κ3) is 3.31. The average molecular weight is 236 g/mol. The molecule has 0 saturated heterocycles. The van der Waals surface area contributed by atoms with Crippen LogP contribution >= 0.6 is 0 Å². The number of hydrogen-bond donors (Lipinski definition) is 0. The summed E-state index contributed by atoms with van der Waals surface area (Å²) in [5.41, 5.74) is 1.96. The Hall–Kier alpha value is -1.84. The fourth-order valence-corrected chi connectivity index (χ4v) is 1.64. The van der Waals surface area contributed by atoms with E-state index >= 15 is 0 Å². The first-order valence-corrected chi connectivity index (χ1v) is 5.40. The van der Waals surface area contributed by atoms with Crippen LogP contribution in [-0.2, 0) is 16.0 Å². The highest BCUT2D eigenvalue weighted by molar-refractivity contribution is 5.83. The van der Waals surface area contributed by atoms with Gasteiger partial charge in [-0.05, 0) is 31.5 Å². The first-order chi connectivity index (χ1) is 8.12. The van der Waals surface area contributed by atoms with Gasteiger partial charge < -0.3 is 9.47 Å². The highest BCUT2D eigenvalue weighted by atomic mass is 16.5. The molecule has 0 fully saturated rings. The van der Waals surface area contributed by atoms with Gasteiger partial charge in [-0.2, -0.15) is 0 Å². The minimum Gasteiger partial charge on any atom is -0.496 e. The van der Waals surface area contributed by atoms with Gasteiger partial charge in [-0.25, -0.2) is 0 Å². The quantitative estimate of drug-likeness (QED) is 0.579. The fraction of sp³-hybridized carbons (Fsp3) is 0.385. The van der Waals surface area contributed by atoms with E-state index in [1.807, 2.05) is 6.92 Å². The number of carbonyl (C=O) groups excluding carboxylic acids is 2. The van der Waals surface area contributed by atoms with Gasteiger partial charge in [-0.15, -0.1) is 0 Å².